The van der Waals surface area contributed by atoms with Gasteiger partial charge in [-0.2, -0.15) is 5.10 Å². The van der Waals surface area contributed by atoms with Gasteiger partial charge in [-0.3, -0.25) is 4.79 Å². The van der Waals surface area contributed by atoms with Gasteiger partial charge in [-0.25, -0.2) is 4.79 Å². The maximum Gasteiger partial charge on any atom is 0.436 e. The van der Waals surface area contributed by atoms with E-state index < -0.39 is 17.0 Å². The Bertz CT molecular complexity index is 567. The third-order valence-electron chi connectivity index (χ3n) is 3.44. The average molecular weight is 301 g/mol. The molecular formula is C12H17ClN4O3. The fraction of sp³-hybridized carbons (Fsp3) is 0.583. The predicted molar refractivity (Wildman–Crippen MR) is 74.0 cm³/mol. The van der Waals surface area contributed by atoms with E-state index in [0.717, 1.165) is 5.56 Å². The van der Waals surface area contributed by atoms with Crippen LogP contribution in [0.15, 0.2) is 0 Å². The van der Waals surface area contributed by atoms with E-state index in [-0.39, 0.29) is 6.61 Å². The monoisotopic (exact) mass is 300 g/mol. The molecule has 0 atom stereocenters. The maximum absolute atomic E-state index is 11.9. The van der Waals surface area contributed by atoms with Crippen LogP contribution in [0.3, 0.4) is 0 Å². The number of carbonyl (C=O) groups is 2. The molecule has 0 aliphatic carbocycles. The molecule has 0 bridgehead atoms. The Morgan fingerprint density at radius 2 is 2.15 bits per heavy atom. The van der Waals surface area contributed by atoms with Crippen LogP contribution in [-0.2, 0) is 16.8 Å². The van der Waals surface area contributed by atoms with Gasteiger partial charge in [0.05, 0.1) is 24.4 Å². The first-order valence-corrected chi connectivity index (χ1v) is 6.66. The zero-order valence-electron chi connectivity index (χ0n) is 11.9. The number of carbonyl (C=O) groups excluding carboxylic acids is 2. The third-order valence-corrected chi connectivity index (χ3v) is 3.65. The van der Waals surface area contributed by atoms with Crippen molar-refractivity contribution in [1.29, 1.82) is 0 Å². The normalized spacial score (nSPS) is 15.9. The number of nitrogens with one attached hydrogen (secondary N) is 1. The van der Waals surface area contributed by atoms with E-state index in [1.165, 1.54) is 9.58 Å². The lowest BCUT2D eigenvalue weighted by Gasteiger charge is -2.29. The van der Waals surface area contributed by atoms with E-state index in [9.17, 15) is 9.59 Å². The molecule has 1 aromatic heterocycles. The first kappa shape index (κ1) is 14.6. The SMILES string of the molecule is CCOC(=O)n1nc2c(c1NC)CN(C(=O)Cl)C2(C)C. The second kappa shape index (κ2) is 4.97. The summed E-state index contributed by atoms with van der Waals surface area (Å²) in [7, 11) is 1.69. The molecule has 0 radical (unpaired) electrons. The van der Waals surface area contributed by atoms with Crippen molar-refractivity contribution in [1.82, 2.24) is 14.7 Å². The van der Waals surface area contributed by atoms with Crippen LogP contribution < -0.4 is 5.32 Å². The Kier molecular flexibility index (Phi) is 3.64. The number of amides is 1. The Labute approximate surface area is 121 Å². The molecule has 1 N–H and O–H groups in total. The number of halogens is 1. The number of aromatic nitrogens is 2. The van der Waals surface area contributed by atoms with Crippen molar-refractivity contribution >= 4 is 28.9 Å². The van der Waals surface area contributed by atoms with E-state index in [2.05, 4.69) is 10.4 Å². The molecule has 0 unspecified atom stereocenters. The Balaban J connectivity index is 2.50. The second-order valence-corrected chi connectivity index (χ2v) is 5.26. The van der Waals surface area contributed by atoms with Crippen molar-refractivity contribution in [3.63, 3.8) is 0 Å². The Morgan fingerprint density at radius 1 is 1.50 bits per heavy atom. The summed E-state index contributed by atoms with van der Waals surface area (Å²) in [5, 5.41) is 6.68. The summed E-state index contributed by atoms with van der Waals surface area (Å²) in [6.07, 6.45) is -0.550. The zero-order chi connectivity index (χ0) is 15.1. The van der Waals surface area contributed by atoms with E-state index in [4.69, 9.17) is 16.3 Å². The molecule has 2 heterocycles. The van der Waals surface area contributed by atoms with Crippen molar-refractivity contribution in [2.75, 3.05) is 19.0 Å². The smallest absolute Gasteiger partial charge is 0.436 e. The van der Waals surface area contributed by atoms with E-state index in [0.29, 0.717) is 18.1 Å². The molecule has 1 amide bonds. The van der Waals surface area contributed by atoms with Crippen molar-refractivity contribution < 1.29 is 14.3 Å². The molecule has 0 fully saturated rings. The lowest BCUT2D eigenvalue weighted by Crippen LogP contribution is -2.38. The molecule has 0 saturated carbocycles. The summed E-state index contributed by atoms with van der Waals surface area (Å²) < 4.78 is 6.15. The number of rotatable bonds is 2. The van der Waals surface area contributed by atoms with Gasteiger partial charge >= 0.3 is 11.5 Å². The number of nitrogens with zero attached hydrogens (tertiary/aromatic N) is 3. The second-order valence-electron chi connectivity index (χ2n) is 4.93. The van der Waals surface area contributed by atoms with Gasteiger partial charge in [0, 0.05) is 12.6 Å². The number of ether oxygens (including phenoxy) is 1. The molecule has 110 valence electrons. The highest BCUT2D eigenvalue weighted by molar-refractivity contribution is 6.62. The van der Waals surface area contributed by atoms with Gasteiger partial charge in [-0.15, -0.1) is 4.68 Å². The van der Waals surface area contributed by atoms with Gasteiger partial charge in [0.25, 0.3) is 0 Å². The first-order chi connectivity index (χ1) is 9.34. The average Bonchev–Trinajstić information content (AvgIpc) is 2.85. The summed E-state index contributed by atoms with van der Waals surface area (Å²) in [6, 6.07) is 0. The van der Waals surface area contributed by atoms with Crippen molar-refractivity contribution in [3.05, 3.63) is 11.3 Å². The molecule has 0 aromatic carbocycles. The van der Waals surface area contributed by atoms with Crippen molar-refractivity contribution in [2.24, 2.45) is 0 Å². The molecule has 7 nitrogen and oxygen atoms in total. The minimum atomic E-state index is -0.669. The van der Waals surface area contributed by atoms with Gasteiger partial charge in [-0.1, -0.05) is 0 Å². The maximum atomic E-state index is 11.9. The number of anilines is 1. The lowest BCUT2D eigenvalue weighted by atomic mass is 10.0. The molecule has 1 aliphatic heterocycles. The van der Waals surface area contributed by atoms with Gasteiger partial charge in [0.1, 0.15) is 5.82 Å². The molecule has 2 rings (SSSR count). The summed E-state index contributed by atoms with van der Waals surface area (Å²) in [6.45, 7) is 5.97. The lowest BCUT2D eigenvalue weighted by molar-refractivity contribution is 0.147. The largest absolute Gasteiger partial charge is 0.448 e. The quantitative estimate of drug-likeness (QED) is 0.670. The summed E-state index contributed by atoms with van der Waals surface area (Å²) in [5.41, 5.74) is 0.751. The molecule has 0 saturated heterocycles. The van der Waals surface area contributed by atoms with Gasteiger partial charge in [-0.05, 0) is 32.4 Å². The zero-order valence-corrected chi connectivity index (χ0v) is 12.6. The molecule has 20 heavy (non-hydrogen) atoms. The van der Waals surface area contributed by atoms with Crippen LogP contribution in [0.25, 0.3) is 0 Å². The topological polar surface area (TPSA) is 76.5 Å². The van der Waals surface area contributed by atoms with Gasteiger partial charge in [0.15, 0.2) is 0 Å². The van der Waals surface area contributed by atoms with Crippen molar-refractivity contribution in [2.45, 2.75) is 32.9 Å². The highest BCUT2D eigenvalue weighted by Gasteiger charge is 2.45. The number of hydrogen-bond acceptors (Lipinski definition) is 5. The van der Waals surface area contributed by atoms with Crippen LogP contribution in [0, 0.1) is 0 Å². The predicted octanol–water partition coefficient (Wildman–Crippen LogP) is 2.34. The fourth-order valence-corrected chi connectivity index (χ4v) is 2.70. The van der Waals surface area contributed by atoms with Crippen LogP contribution >= 0.6 is 11.6 Å². The summed E-state index contributed by atoms with van der Waals surface area (Å²) in [5.74, 6) is 0.520. The molecule has 1 aromatic rings. The third kappa shape index (κ3) is 2.02. The molecule has 0 spiro atoms. The van der Waals surface area contributed by atoms with E-state index >= 15 is 0 Å². The van der Waals surface area contributed by atoms with Gasteiger partial charge in [0.2, 0.25) is 0 Å². The van der Waals surface area contributed by atoms with E-state index in [1.807, 2.05) is 13.8 Å². The minimum Gasteiger partial charge on any atom is -0.448 e. The highest BCUT2D eigenvalue weighted by Crippen LogP contribution is 2.42. The number of hydrogen-bond donors (Lipinski definition) is 1. The highest BCUT2D eigenvalue weighted by atomic mass is 35.5. The van der Waals surface area contributed by atoms with Crippen LogP contribution in [-0.4, -0.2) is 39.8 Å². The molecule has 8 heteroatoms. The Morgan fingerprint density at radius 3 is 2.65 bits per heavy atom. The minimum absolute atomic E-state index is 0.266. The Hall–Kier alpha value is -1.76. The number of fused-ring (bicyclic) bond motifs is 1. The fourth-order valence-electron chi connectivity index (χ4n) is 2.43. The van der Waals surface area contributed by atoms with Crippen LogP contribution in [0.1, 0.15) is 32.0 Å². The molecular weight excluding hydrogens is 284 g/mol. The van der Waals surface area contributed by atoms with Crippen molar-refractivity contribution in [3.8, 4) is 0 Å². The summed E-state index contributed by atoms with van der Waals surface area (Å²) >= 11 is 5.60. The van der Waals surface area contributed by atoms with E-state index in [1.54, 1.807) is 14.0 Å². The molecule has 1 aliphatic rings. The van der Waals surface area contributed by atoms with Crippen LogP contribution in [0.5, 0.6) is 0 Å². The standard InChI is InChI=1S/C12H17ClN4O3/c1-5-20-11(19)17-9(14-4)7-6-16(10(13)18)12(2,3)8(7)15-17/h14H,5-6H2,1-4H3. The van der Waals surface area contributed by atoms with Crippen LogP contribution in [0.4, 0.5) is 15.4 Å². The van der Waals surface area contributed by atoms with Gasteiger partial charge < -0.3 is 15.0 Å². The summed E-state index contributed by atoms with van der Waals surface area (Å²) in [4.78, 5) is 24.9. The first-order valence-electron chi connectivity index (χ1n) is 6.28. The van der Waals surface area contributed by atoms with Crippen LogP contribution in [0.2, 0.25) is 0 Å².